The SMILES string of the molecule is COc1cccc2cc(CNc3cc(C)cnc3Cl)oc12. The first-order valence-corrected chi connectivity index (χ1v) is 6.96. The van der Waals surface area contributed by atoms with E-state index in [1.54, 1.807) is 13.3 Å². The van der Waals surface area contributed by atoms with Gasteiger partial charge in [0.1, 0.15) is 5.76 Å². The summed E-state index contributed by atoms with van der Waals surface area (Å²) in [6, 6.07) is 9.76. The van der Waals surface area contributed by atoms with Crippen molar-refractivity contribution in [2.75, 3.05) is 12.4 Å². The third-order valence-corrected chi connectivity index (χ3v) is 3.51. The van der Waals surface area contributed by atoms with E-state index in [2.05, 4.69) is 10.3 Å². The summed E-state index contributed by atoms with van der Waals surface area (Å²) in [4.78, 5) is 4.11. The average molecular weight is 303 g/mol. The second-order valence-corrected chi connectivity index (χ2v) is 5.15. The molecule has 0 amide bonds. The largest absolute Gasteiger partial charge is 0.493 e. The van der Waals surface area contributed by atoms with E-state index in [0.717, 1.165) is 33.7 Å². The summed E-state index contributed by atoms with van der Waals surface area (Å²) < 4.78 is 11.1. The van der Waals surface area contributed by atoms with E-state index < -0.39 is 0 Å². The van der Waals surface area contributed by atoms with Gasteiger partial charge in [-0.3, -0.25) is 0 Å². The number of hydrogen-bond acceptors (Lipinski definition) is 4. The highest BCUT2D eigenvalue weighted by atomic mass is 35.5. The smallest absolute Gasteiger partial charge is 0.176 e. The lowest BCUT2D eigenvalue weighted by Crippen LogP contribution is -2.00. The van der Waals surface area contributed by atoms with Crippen LogP contribution < -0.4 is 10.1 Å². The molecule has 3 aromatic rings. The predicted octanol–water partition coefficient (Wildman–Crippen LogP) is 4.41. The lowest BCUT2D eigenvalue weighted by atomic mass is 10.2. The van der Waals surface area contributed by atoms with E-state index >= 15 is 0 Å². The molecule has 108 valence electrons. The average Bonchev–Trinajstić information content (AvgIpc) is 2.91. The summed E-state index contributed by atoms with van der Waals surface area (Å²) in [6.07, 6.45) is 1.74. The van der Waals surface area contributed by atoms with Crippen LogP contribution in [0.1, 0.15) is 11.3 Å². The molecule has 0 radical (unpaired) electrons. The Kier molecular flexibility index (Phi) is 3.71. The molecule has 1 aromatic carbocycles. The minimum Gasteiger partial charge on any atom is -0.493 e. The van der Waals surface area contributed by atoms with Gasteiger partial charge in [-0.2, -0.15) is 0 Å². The summed E-state index contributed by atoms with van der Waals surface area (Å²) in [6.45, 7) is 2.50. The van der Waals surface area contributed by atoms with Crippen LogP contribution in [0.15, 0.2) is 40.9 Å². The molecule has 0 spiro atoms. The normalized spacial score (nSPS) is 10.8. The number of rotatable bonds is 4. The molecule has 0 bridgehead atoms. The van der Waals surface area contributed by atoms with Gasteiger partial charge >= 0.3 is 0 Å². The number of aromatic nitrogens is 1. The Hall–Kier alpha value is -2.20. The predicted molar refractivity (Wildman–Crippen MR) is 84.1 cm³/mol. The number of pyridine rings is 1. The fourth-order valence-electron chi connectivity index (χ4n) is 2.20. The number of para-hydroxylation sites is 1. The second-order valence-electron chi connectivity index (χ2n) is 4.80. The number of anilines is 1. The number of benzene rings is 1. The van der Waals surface area contributed by atoms with Crippen molar-refractivity contribution in [1.82, 2.24) is 4.98 Å². The Balaban J connectivity index is 1.84. The quantitative estimate of drug-likeness (QED) is 0.725. The van der Waals surface area contributed by atoms with E-state index in [1.165, 1.54) is 0 Å². The van der Waals surface area contributed by atoms with Gasteiger partial charge in [-0.25, -0.2) is 4.98 Å². The fourth-order valence-corrected chi connectivity index (χ4v) is 2.37. The van der Waals surface area contributed by atoms with E-state index in [-0.39, 0.29) is 0 Å². The van der Waals surface area contributed by atoms with Gasteiger partial charge in [-0.05, 0) is 30.7 Å². The number of halogens is 1. The first-order valence-electron chi connectivity index (χ1n) is 6.59. The van der Waals surface area contributed by atoms with Crippen molar-refractivity contribution < 1.29 is 9.15 Å². The molecule has 1 N–H and O–H groups in total. The monoisotopic (exact) mass is 302 g/mol. The zero-order valence-corrected chi connectivity index (χ0v) is 12.6. The van der Waals surface area contributed by atoms with Crippen LogP contribution in [0.3, 0.4) is 0 Å². The molecular formula is C16H15ClN2O2. The zero-order chi connectivity index (χ0) is 14.8. The van der Waals surface area contributed by atoms with Crippen LogP contribution in [0, 0.1) is 6.92 Å². The van der Waals surface area contributed by atoms with Gasteiger partial charge in [-0.1, -0.05) is 23.7 Å². The van der Waals surface area contributed by atoms with Crippen molar-refractivity contribution >= 4 is 28.3 Å². The number of fused-ring (bicyclic) bond motifs is 1. The van der Waals surface area contributed by atoms with Gasteiger partial charge in [0.25, 0.3) is 0 Å². The number of ether oxygens (including phenoxy) is 1. The van der Waals surface area contributed by atoms with Gasteiger partial charge in [-0.15, -0.1) is 0 Å². The minimum absolute atomic E-state index is 0.453. The van der Waals surface area contributed by atoms with Crippen molar-refractivity contribution in [3.63, 3.8) is 0 Å². The maximum atomic E-state index is 6.06. The summed E-state index contributed by atoms with van der Waals surface area (Å²) in [7, 11) is 1.63. The molecule has 0 fully saturated rings. The molecule has 5 heteroatoms. The molecule has 0 unspecified atom stereocenters. The van der Waals surface area contributed by atoms with Crippen LogP contribution in [-0.2, 0) is 6.54 Å². The van der Waals surface area contributed by atoms with Gasteiger partial charge in [0, 0.05) is 11.6 Å². The lowest BCUT2D eigenvalue weighted by Gasteiger charge is -2.06. The minimum atomic E-state index is 0.453. The molecular weight excluding hydrogens is 288 g/mol. The molecule has 0 atom stereocenters. The maximum absolute atomic E-state index is 6.06. The van der Waals surface area contributed by atoms with Crippen LogP contribution in [-0.4, -0.2) is 12.1 Å². The molecule has 0 saturated carbocycles. The Bertz CT molecular complexity index is 783. The number of hydrogen-bond donors (Lipinski definition) is 1. The van der Waals surface area contributed by atoms with Crippen LogP contribution in [0.25, 0.3) is 11.0 Å². The highest BCUT2D eigenvalue weighted by molar-refractivity contribution is 6.31. The molecule has 0 aliphatic carbocycles. The topological polar surface area (TPSA) is 47.3 Å². The van der Waals surface area contributed by atoms with E-state index in [1.807, 2.05) is 37.3 Å². The number of methoxy groups -OCH3 is 1. The fraction of sp³-hybridized carbons (Fsp3) is 0.188. The summed E-state index contributed by atoms with van der Waals surface area (Å²) in [5.41, 5.74) is 2.60. The van der Waals surface area contributed by atoms with Crippen molar-refractivity contribution in [2.24, 2.45) is 0 Å². The van der Waals surface area contributed by atoms with Crippen molar-refractivity contribution in [3.05, 3.63) is 53.0 Å². The number of nitrogens with zero attached hydrogens (tertiary/aromatic N) is 1. The van der Waals surface area contributed by atoms with Crippen LogP contribution in [0.2, 0.25) is 5.15 Å². The first kappa shape index (κ1) is 13.8. The highest BCUT2D eigenvalue weighted by Crippen LogP contribution is 2.29. The maximum Gasteiger partial charge on any atom is 0.176 e. The van der Waals surface area contributed by atoms with Crippen molar-refractivity contribution in [1.29, 1.82) is 0 Å². The molecule has 2 aromatic heterocycles. The third kappa shape index (κ3) is 2.81. The number of nitrogens with one attached hydrogen (secondary N) is 1. The van der Waals surface area contributed by atoms with Crippen LogP contribution in [0.5, 0.6) is 5.75 Å². The van der Waals surface area contributed by atoms with E-state index in [9.17, 15) is 0 Å². The van der Waals surface area contributed by atoms with Gasteiger partial charge < -0.3 is 14.5 Å². The Morgan fingerprint density at radius 2 is 2.19 bits per heavy atom. The lowest BCUT2D eigenvalue weighted by molar-refractivity contribution is 0.408. The van der Waals surface area contributed by atoms with Crippen molar-refractivity contribution in [3.8, 4) is 5.75 Å². The van der Waals surface area contributed by atoms with Gasteiger partial charge in [0.15, 0.2) is 16.5 Å². The third-order valence-electron chi connectivity index (χ3n) is 3.21. The van der Waals surface area contributed by atoms with Gasteiger partial charge in [0.2, 0.25) is 0 Å². The molecule has 21 heavy (non-hydrogen) atoms. The second kappa shape index (κ2) is 5.66. The summed E-state index contributed by atoms with van der Waals surface area (Å²) in [5, 5.41) is 4.71. The summed E-state index contributed by atoms with van der Waals surface area (Å²) in [5.74, 6) is 1.54. The molecule has 0 aliphatic rings. The first-order chi connectivity index (χ1) is 10.2. The number of aryl methyl sites for hydroxylation is 1. The van der Waals surface area contributed by atoms with E-state index in [0.29, 0.717) is 11.7 Å². The Labute approximate surface area is 127 Å². The molecule has 0 aliphatic heterocycles. The Morgan fingerprint density at radius 3 is 3.00 bits per heavy atom. The highest BCUT2D eigenvalue weighted by Gasteiger charge is 2.09. The molecule has 3 rings (SSSR count). The Morgan fingerprint density at radius 1 is 1.33 bits per heavy atom. The van der Waals surface area contributed by atoms with Crippen LogP contribution in [0.4, 0.5) is 5.69 Å². The number of furan rings is 1. The zero-order valence-electron chi connectivity index (χ0n) is 11.8. The molecule has 2 heterocycles. The molecule has 4 nitrogen and oxygen atoms in total. The van der Waals surface area contributed by atoms with Gasteiger partial charge in [0.05, 0.1) is 19.3 Å². The van der Waals surface area contributed by atoms with Crippen LogP contribution >= 0.6 is 11.6 Å². The standard InChI is InChI=1S/C16H15ClN2O2/c1-10-6-13(16(17)19-8-10)18-9-12-7-11-4-3-5-14(20-2)15(11)21-12/h3-8,18H,9H2,1-2H3. The van der Waals surface area contributed by atoms with E-state index in [4.69, 9.17) is 20.8 Å². The van der Waals surface area contributed by atoms with Crippen molar-refractivity contribution in [2.45, 2.75) is 13.5 Å². The molecule has 0 saturated heterocycles. The summed E-state index contributed by atoms with van der Waals surface area (Å²) >= 11 is 6.06.